The van der Waals surface area contributed by atoms with Crippen molar-refractivity contribution in [1.82, 2.24) is 25.1 Å². The lowest BCUT2D eigenvalue weighted by molar-refractivity contribution is -0.133. The molecule has 1 amide bonds. The molecular weight excluding hydrogens is 290 g/mol. The number of piperidine rings is 1. The summed E-state index contributed by atoms with van der Waals surface area (Å²) in [5.74, 6) is 0.825. The number of aryl methyl sites for hydroxylation is 2. The number of rotatable bonds is 6. The van der Waals surface area contributed by atoms with E-state index < -0.39 is 0 Å². The van der Waals surface area contributed by atoms with Gasteiger partial charge in [0.15, 0.2) is 0 Å². The minimum Gasteiger partial charge on any atom is -0.342 e. The summed E-state index contributed by atoms with van der Waals surface area (Å²) in [6.45, 7) is 2.33. The van der Waals surface area contributed by atoms with Crippen LogP contribution in [0.1, 0.15) is 31.2 Å². The summed E-state index contributed by atoms with van der Waals surface area (Å²) in [6, 6.07) is 10.6. The molecule has 0 saturated carbocycles. The van der Waals surface area contributed by atoms with Gasteiger partial charge < -0.3 is 4.90 Å². The van der Waals surface area contributed by atoms with E-state index in [0.29, 0.717) is 18.9 Å². The highest BCUT2D eigenvalue weighted by Crippen LogP contribution is 2.22. The van der Waals surface area contributed by atoms with Gasteiger partial charge in [0.05, 0.1) is 6.54 Å². The van der Waals surface area contributed by atoms with Gasteiger partial charge in [-0.1, -0.05) is 30.3 Å². The van der Waals surface area contributed by atoms with Crippen molar-refractivity contribution in [2.75, 3.05) is 13.1 Å². The second-order valence-corrected chi connectivity index (χ2v) is 6.20. The second kappa shape index (κ2) is 7.85. The van der Waals surface area contributed by atoms with Crippen LogP contribution in [0.2, 0.25) is 0 Å². The number of amides is 1. The van der Waals surface area contributed by atoms with Gasteiger partial charge in [0.2, 0.25) is 5.91 Å². The first-order chi connectivity index (χ1) is 11.3. The van der Waals surface area contributed by atoms with Gasteiger partial charge in [-0.05, 0) is 47.6 Å². The van der Waals surface area contributed by atoms with E-state index in [-0.39, 0.29) is 5.91 Å². The molecule has 0 unspecified atom stereocenters. The highest BCUT2D eigenvalue weighted by atomic mass is 16.2. The smallest absolute Gasteiger partial charge is 0.224 e. The van der Waals surface area contributed by atoms with Crippen molar-refractivity contribution < 1.29 is 4.79 Å². The number of tetrazole rings is 1. The Hall–Kier alpha value is -2.24. The Morgan fingerprint density at radius 1 is 1.26 bits per heavy atom. The van der Waals surface area contributed by atoms with Crippen molar-refractivity contribution in [2.45, 2.75) is 38.6 Å². The highest BCUT2D eigenvalue weighted by molar-refractivity contribution is 5.76. The average Bonchev–Trinajstić information content (AvgIpc) is 3.12. The third kappa shape index (κ3) is 4.61. The standard InChI is InChI=1S/C17H23N5O/c23-17(10-12-22-14-18-19-20-22)21-11-4-7-16(13-21)9-8-15-5-2-1-3-6-15/h1-3,5-6,14,16H,4,7-13H2/t16-/m1/s1. The van der Waals surface area contributed by atoms with Gasteiger partial charge in [-0.15, -0.1) is 5.10 Å². The van der Waals surface area contributed by atoms with Gasteiger partial charge >= 0.3 is 0 Å². The van der Waals surface area contributed by atoms with Crippen LogP contribution in [0.4, 0.5) is 0 Å². The summed E-state index contributed by atoms with van der Waals surface area (Å²) in [5.41, 5.74) is 1.38. The van der Waals surface area contributed by atoms with Crippen molar-refractivity contribution in [3.8, 4) is 0 Å². The summed E-state index contributed by atoms with van der Waals surface area (Å²) < 4.78 is 1.61. The van der Waals surface area contributed by atoms with Gasteiger partial charge in [-0.25, -0.2) is 4.68 Å². The molecule has 1 atom stereocenters. The van der Waals surface area contributed by atoms with E-state index in [1.165, 1.54) is 12.0 Å². The number of benzene rings is 1. The Morgan fingerprint density at radius 2 is 2.13 bits per heavy atom. The predicted octanol–water partition coefficient (Wildman–Crippen LogP) is 1.93. The zero-order chi connectivity index (χ0) is 15.9. The molecule has 23 heavy (non-hydrogen) atoms. The third-order valence-electron chi connectivity index (χ3n) is 4.50. The predicted molar refractivity (Wildman–Crippen MR) is 86.5 cm³/mol. The number of likely N-dealkylation sites (tertiary alicyclic amines) is 1. The first-order valence-electron chi connectivity index (χ1n) is 8.34. The Bertz CT molecular complexity index is 599. The Balaban J connectivity index is 1.44. The fraction of sp³-hybridized carbons (Fsp3) is 0.529. The molecule has 1 aromatic carbocycles. The number of nitrogens with zero attached hydrogens (tertiary/aromatic N) is 5. The maximum absolute atomic E-state index is 12.4. The van der Waals surface area contributed by atoms with Gasteiger partial charge in [-0.2, -0.15) is 0 Å². The maximum Gasteiger partial charge on any atom is 0.224 e. The van der Waals surface area contributed by atoms with Crippen LogP contribution in [-0.4, -0.2) is 44.1 Å². The van der Waals surface area contributed by atoms with E-state index in [1.54, 1.807) is 11.0 Å². The van der Waals surface area contributed by atoms with Crippen LogP contribution in [0, 0.1) is 5.92 Å². The molecule has 6 heteroatoms. The van der Waals surface area contributed by atoms with Crippen LogP contribution in [0.25, 0.3) is 0 Å². The molecule has 0 radical (unpaired) electrons. The lowest BCUT2D eigenvalue weighted by Crippen LogP contribution is -2.40. The SMILES string of the molecule is O=C(CCn1cnnn1)N1CCC[C@H](CCc2ccccc2)C1. The molecule has 1 saturated heterocycles. The second-order valence-electron chi connectivity index (χ2n) is 6.20. The molecule has 0 N–H and O–H groups in total. The minimum atomic E-state index is 0.213. The molecule has 0 spiro atoms. The van der Waals surface area contributed by atoms with Crippen LogP contribution in [0.15, 0.2) is 36.7 Å². The lowest BCUT2D eigenvalue weighted by atomic mass is 9.91. The topological polar surface area (TPSA) is 63.9 Å². The summed E-state index contributed by atoms with van der Waals surface area (Å²) in [7, 11) is 0. The molecular formula is C17H23N5O. The lowest BCUT2D eigenvalue weighted by Gasteiger charge is -2.33. The van der Waals surface area contributed by atoms with E-state index in [4.69, 9.17) is 0 Å². The van der Waals surface area contributed by atoms with E-state index in [0.717, 1.165) is 32.4 Å². The normalized spacial score (nSPS) is 18.1. The van der Waals surface area contributed by atoms with E-state index >= 15 is 0 Å². The van der Waals surface area contributed by atoms with Crippen molar-refractivity contribution in [3.63, 3.8) is 0 Å². The van der Waals surface area contributed by atoms with Gasteiger partial charge in [-0.3, -0.25) is 4.79 Å². The van der Waals surface area contributed by atoms with Crippen LogP contribution in [0.3, 0.4) is 0 Å². The fourth-order valence-electron chi connectivity index (χ4n) is 3.19. The van der Waals surface area contributed by atoms with Crippen molar-refractivity contribution >= 4 is 5.91 Å². The molecule has 1 aliphatic heterocycles. The van der Waals surface area contributed by atoms with E-state index in [2.05, 4.69) is 45.9 Å². The van der Waals surface area contributed by atoms with Crippen molar-refractivity contribution in [3.05, 3.63) is 42.2 Å². The largest absolute Gasteiger partial charge is 0.342 e. The average molecular weight is 313 g/mol. The Kier molecular flexibility index (Phi) is 5.34. The van der Waals surface area contributed by atoms with Gasteiger partial charge in [0.1, 0.15) is 6.33 Å². The molecule has 1 aromatic heterocycles. The van der Waals surface area contributed by atoms with E-state index in [9.17, 15) is 4.79 Å². The fourth-order valence-corrected chi connectivity index (χ4v) is 3.19. The Morgan fingerprint density at radius 3 is 2.91 bits per heavy atom. The number of carbonyl (C=O) groups is 1. The van der Waals surface area contributed by atoms with Crippen LogP contribution < -0.4 is 0 Å². The number of aromatic nitrogens is 4. The molecule has 3 rings (SSSR count). The molecule has 0 bridgehead atoms. The van der Waals surface area contributed by atoms with Crippen molar-refractivity contribution in [1.29, 1.82) is 0 Å². The molecule has 0 aliphatic carbocycles. The molecule has 1 fully saturated rings. The van der Waals surface area contributed by atoms with Gasteiger partial charge in [0, 0.05) is 19.5 Å². The van der Waals surface area contributed by atoms with Crippen LogP contribution >= 0.6 is 0 Å². The maximum atomic E-state index is 12.4. The molecule has 2 aromatic rings. The molecule has 122 valence electrons. The molecule has 1 aliphatic rings. The van der Waals surface area contributed by atoms with Gasteiger partial charge in [0.25, 0.3) is 0 Å². The first-order valence-corrected chi connectivity index (χ1v) is 8.34. The summed E-state index contributed by atoms with van der Waals surface area (Å²) in [5, 5.41) is 11.0. The summed E-state index contributed by atoms with van der Waals surface area (Å²) in [4.78, 5) is 14.4. The third-order valence-corrected chi connectivity index (χ3v) is 4.50. The van der Waals surface area contributed by atoms with E-state index in [1.807, 2.05) is 4.90 Å². The summed E-state index contributed by atoms with van der Waals surface area (Å²) >= 11 is 0. The zero-order valence-electron chi connectivity index (χ0n) is 13.3. The van der Waals surface area contributed by atoms with Crippen LogP contribution in [0.5, 0.6) is 0 Å². The van der Waals surface area contributed by atoms with Crippen LogP contribution in [-0.2, 0) is 17.8 Å². The monoisotopic (exact) mass is 313 g/mol. The molecule has 6 nitrogen and oxygen atoms in total. The highest BCUT2D eigenvalue weighted by Gasteiger charge is 2.23. The summed E-state index contributed by atoms with van der Waals surface area (Å²) in [6.07, 6.45) is 6.60. The van der Waals surface area contributed by atoms with Crippen molar-refractivity contribution in [2.24, 2.45) is 5.92 Å². The number of hydrogen-bond acceptors (Lipinski definition) is 4. The number of carbonyl (C=O) groups excluding carboxylic acids is 1. The number of hydrogen-bond donors (Lipinski definition) is 0. The zero-order valence-corrected chi connectivity index (χ0v) is 13.3. The quantitative estimate of drug-likeness (QED) is 0.817. The first kappa shape index (κ1) is 15.6. The Labute approximate surface area is 136 Å². The minimum absolute atomic E-state index is 0.213. The molecule has 2 heterocycles.